The lowest BCUT2D eigenvalue weighted by atomic mass is 9.98. The molecule has 0 amide bonds. The molecule has 68 valence electrons. The van der Waals surface area contributed by atoms with Gasteiger partial charge in [0.05, 0.1) is 16.1 Å². The lowest BCUT2D eigenvalue weighted by molar-refractivity contribution is 0.486. The average molecular weight is 202 g/mol. The molecule has 1 aliphatic heterocycles. The highest BCUT2D eigenvalue weighted by Gasteiger charge is 2.30. The third-order valence-electron chi connectivity index (χ3n) is 2.12. The summed E-state index contributed by atoms with van der Waals surface area (Å²) in [4.78, 5) is 0. The number of rotatable bonds is 2. The van der Waals surface area contributed by atoms with Crippen molar-refractivity contribution in [2.75, 3.05) is 6.54 Å². The Balaban J connectivity index is 2.48. The molecule has 0 saturated carbocycles. The zero-order valence-electron chi connectivity index (χ0n) is 7.12. The van der Waals surface area contributed by atoms with Crippen LogP contribution < -0.4 is 5.32 Å². The van der Waals surface area contributed by atoms with Gasteiger partial charge in [-0.3, -0.25) is 0 Å². The minimum atomic E-state index is -0.281. The lowest BCUT2D eigenvalue weighted by Gasteiger charge is -2.22. The summed E-state index contributed by atoms with van der Waals surface area (Å²) in [5.41, 5.74) is 0. The van der Waals surface area contributed by atoms with Crippen molar-refractivity contribution in [1.82, 2.24) is 5.32 Å². The predicted octanol–water partition coefficient (Wildman–Crippen LogP) is 1.45. The molecule has 1 rings (SSSR count). The van der Waals surface area contributed by atoms with Crippen LogP contribution in [0.15, 0.2) is 0 Å². The van der Waals surface area contributed by atoms with Gasteiger partial charge >= 0.3 is 0 Å². The van der Waals surface area contributed by atoms with Crippen LogP contribution in [-0.4, -0.2) is 16.7 Å². The van der Waals surface area contributed by atoms with E-state index in [9.17, 15) is 0 Å². The predicted molar refractivity (Wildman–Crippen MR) is 56.5 cm³/mol. The molecule has 1 N–H and O–H groups in total. The maximum atomic E-state index is 8.79. The third kappa shape index (κ3) is 2.89. The van der Waals surface area contributed by atoms with Crippen molar-refractivity contribution in [3.8, 4) is 6.07 Å². The van der Waals surface area contributed by atoms with Crippen LogP contribution in [0, 0.1) is 17.2 Å². The van der Waals surface area contributed by atoms with Gasteiger partial charge in [0.2, 0.25) is 0 Å². The summed E-state index contributed by atoms with van der Waals surface area (Å²) >= 11 is 8.65. The Hall–Kier alpha value is 0.150. The van der Waals surface area contributed by atoms with Crippen LogP contribution >= 0.6 is 25.3 Å². The summed E-state index contributed by atoms with van der Waals surface area (Å²) < 4.78 is -0.281. The normalized spacial score (nSPS) is 30.2. The molecule has 0 aromatic rings. The first-order chi connectivity index (χ1) is 5.53. The van der Waals surface area contributed by atoms with E-state index in [1.165, 1.54) is 0 Å². The zero-order valence-corrected chi connectivity index (χ0v) is 8.91. The number of hydrogen-bond acceptors (Lipinski definition) is 4. The molecule has 4 heteroatoms. The van der Waals surface area contributed by atoms with Crippen LogP contribution in [0.5, 0.6) is 0 Å². The van der Waals surface area contributed by atoms with E-state index in [1.807, 2.05) is 6.92 Å². The van der Waals surface area contributed by atoms with E-state index in [-0.39, 0.29) is 16.0 Å². The van der Waals surface area contributed by atoms with Crippen molar-refractivity contribution < 1.29 is 0 Å². The summed E-state index contributed by atoms with van der Waals surface area (Å²) in [5, 5.41) is 12.1. The Morgan fingerprint density at radius 2 is 2.33 bits per heavy atom. The highest BCUT2D eigenvalue weighted by atomic mass is 32.2. The standard InChI is InChI=1S/C8H14N2S2/c1-8(11,12)4-7-6(5-9)2-3-10-7/h6-7,10-12H,2-4H2,1H3. The molecule has 0 aromatic carbocycles. The van der Waals surface area contributed by atoms with Crippen LogP contribution in [0.2, 0.25) is 0 Å². The van der Waals surface area contributed by atoms with Crippen molar-refractivity contribution in [3.05, 3.63) is 0 Å². The molecule has 2 atom stereocenters. The lowest BCUT2D eigenvalue weighted by Crippen LogP contribution is -2.31. The largest absolute Gasteiger partial charge is 0.313 e. The van der Waals surface area contributed by atoms with E-state index in [2.05, 4.69) is 36.6 Å². The Labute approximate surface area is 84.5 Å². The summed E-state index contributed by atoms with van der Waals surface area (Å²) in [5.74, 6) is 0.142. The van der Waals surface area contributed by atoms with E-state index in [0.29, 0.717) is 0 Å². The van der Waals surface area contributed by atoms with Crippen LogP contribution in [-0.2, 0) is 0 Å². The van der Waals surface area contributed by atoms with Gasteiger partial charge in [0.1, 0.15) is 0 Å². The Kier molecular flexibility index (Phi) is 3.33. The average Bonchev–Trinajstić information content (AvgIpc) is 2.31. The summed E-state index contributed by atoms with van der Waals surface area (Å²) in [6.45, 7) is 2.90. The third-order valence-corrected chi connectivity index (χ3v) is 2.49. The minimum absolute atomic E-state index is 0.142. The maximum Gasteiger partial charge on any atom is 0.0672 e. The molecule has 0 radical (unpaired) electrons. The monoisotopic (exact) mass is 202 g/mol. The van der Waals surface area contributed by atoms with Crippen molar-refractivity contribution in [3.63, 3.8) is 0 Å². The van der Waals surface area contributed by atoms with Gasteiger partial charge in [-0.15, -0.1) is 0 Å². The van der Waals surface area contributed by atoms with Gasteiger partial charge in [-0.1, -0.05) is 0 Å². The Morgan fingerprint density at radius 1 is 1.67 bits per heavy atom. The Morgan fingerprint density at radius 3 is 2.83 bits per heavy atom. The molecule has 0 bridgehead atoms. The van der Waals surface area contributed by atoms with E-state index < -0.39 is 0 Å². The summed E-state index contributed by atoms with van der Waals surface area (Å²) in [7, 11) is 0. The van der Waals surface area contributed by atoms with Crippen molar-refractivity contribution in [1.29, 1.82) is 5.26 Å². The fourth-order valence-electron chi connectivity index (χ4n) is 1.55. The van der Waals surface area contributed by atoms with E-state index in [4.69, 9.17) is 5.26 Å². The summed E-state index contributed by atoms with van der Waals surface area (Å²) in [6, 6.07) is 2.58. The fourth-order valence-corrected chi connectivity index (χ4v) is 1.95. The quantitative estimate of drug-likeness (QED) is 0.468. The van der Waals surface area contributed by atoms with Gasteiger partial charge in [0.15, 0.2) is 0 Å². The van der Waals surface area contributed by atoms with Crippen molar-refractivity contribution in [2.24, 2.45) is 5.92 Å². The fraction of sp³-hybridized carbons (Fsp3) is 0.875. The van der Waals surface area contributed by atoms with Crippen molar-refractivity contribution >= 4 is 25.3 Å². The minimum Gasteiger partial charge on any atom is -0.313 e. The smallest absolute Gasteiger partial charge is 0.0672 e. The molecule has 12 heavy (non-hydrogen) atoms. The molecule has 1 saturated heterocycles. The molecule has 1 fully saturated rings. The number of nitriles is 1. The highest BCUT2D eigenvalue weighted by Crippen LogP contribution is 2.29. The first-order valence-electron chi connectivity index (χ1n) is 4.11. The SMILES string of the molecule is CC(S)(S)CC1NCCC1C#N. The second kappa shape index (κ2) is 3.91. The van der Waals surface area contributed by atoms with Gasteiger partial charge in [0, 0.05) is 6.04 Å². The van der Waals surface area contributed by atoms with Crippen LogP contribution in [0.4, 0.5) is 0 Å². The number of nitrogens with one attached hydrogen (secondary N) is 1. The van der Waals surface area contributed by atoms with Gasteiger partial charge in [-0.05, 0) is 26.3 Å². The molecular weight excluding hydrogens is 188 g/mol. The van der Waals surface area contributed by atoms with E-state index in [1.54, 1.807) is 0 Å². The second-order valence-corrected chi connectivity index (χ2v) is 5.83. The topological polar surface area (TPSA) is 35.8 Å². The van der Waals surface area contributed by atoms with Gasteiger partial charge in [0.25, 0.3) is 0 Å². The van der Waals surface area contributed by atoms with Gasteiger partial charge in [-0.25, -0.2) is 0 Å². The molecule has 0 spiro atoms. The van der Waals surface area contributed by atoms with Crippen LogP contribution in [0.1, 0.15) is 19.8 Å². The Bertz CT molecular complexity index is 192. The molecular formula is C8H14N2S2. The van der Waals surface area contributed by atoms with Crippen LogP contribution in [0.25, 0.3) is 0 Å². The highest BCUT2D eigenvalue weighted by molar-refractivity contribution is 8.00. The maximum absolute atomic E-state index is 8.79. The molecule has 1 aliphatic rings. The molecule has 2 nitrogen and oxygen atoms in total. The number of nitrogens with zero attached hydrogens (tertiary/aromatic N) is 1. The first kappa shape index (κ1) is 10.2. The van der Waals surface area contributed by atoms with Gasteiger partial charge < -0.3 is 5.32 Å². The zero-order chi connectivity index (χ0) is 9.19. The number of thiol groups is 2. The first-order valence-corrected chi connectivity index (χ1v) is 5.00. The molecule has 0 aliphatic carbocycles. The van der Waals surface area contributed by atoms with Crippen LogP contribution in [0.3, 0.4) is 0 Å². The molecule has 0 aromatic heterocycles. The number of hydrogen-bond donors (Lipinski definition) is 3. The summed E-state index contributed by atoms with van der Waals surface area (Å²) in [6.07, 6.45) is 1.79. The molecule has 2 unspecified atom stereocenters. The van der Waals surface area contributed by atoms with Crippen molar-refractivity contribution in [2.45, 2.75) is 29.9 Å². The van der Waals surface area contributed by atoms with E-state index >= 15 is 0 Å². The van der Waals surface area contributed by atoms with E-state index in [0.717, 1.165) is 19.4 Å². The second-order valence-electron chi connectivity index (χ2n) is 3.51. The molecule has 1 heterocycles. The van der Waals surface area contributed by atoms with Gasteiger partial charge in [-0.2, -0.15) is 30.5 Å².